The molecule has 0 N–H and O–H groups in total. The number of hydrogen-bond acceptors (Lipinski definition) is 1. The molecule has 0 spiro atoms. The van der Waals surface area contributed by atoms with Gasteiger partial charge < -0.3 is 4.90 Å². The lowest BCUT2D eigenvalue weighted by atomic mass is 10.1. The number of hydrogen-bond donors (Lipinski definition) is 0. The third-order valence-electron chi connectivity index (χ3n) is 11.3. The molecule has 0 heterocycles. The number of rotatable bonds is 18. The summed E-state index contributed by atoms with van der Waals surface area (Å²) < 4.78 is 2.83. The Balaban J connectivity index is 2.23. The van der Waals surface area contributed by atoms with E-state index in [2.05, 4.69) is 173 Å². The Bertz CT molecular complexity index is 1270. The Morgan fingerprint density at radius 1 is 0.444 bits per heavy atom. The number of halogens is 2. The quantitative estimate of drug-likeness (QED) is 0.0909. The van der Waals surface area contributed by atoms with Crippen LogP contribution in [0.3, 0.4) is 0 Å². The Labute approximate surface area is 307 Å². The van der Waals surface area contributed by atoms with Gasteiger partial charge in [-0.15, -0.1) is 0 Å². The van der Waals surface area contributed by atoms with Crippen LogP contribution in [0.5, 0.6) is 0 Å². The lowest BCUT2D eigenvalue weighted by molar-refractivity contribution is 1.18. The van der Waals surface area contributed by atoms with Gasteiger partial charge in [-0.1, -0.05) is 12.1 Å². The van der Waals surface area contributed by atoms with Crippen LogP contribution in [-0.2, 0) is 18.5 Å². The molecule has 0 unspecified atom stereocenters. The molecule has 0 aliphatic carbocycles. The van der Waals surface area contributed by atoms with Crippen LogP contribution in [0.4, 0.5) is 17.1 Å². The second kappa shape index (κ2) is 18.3. The van der Waals surface area contributed by atoms with E-state index in [9.17, 15) is 0 Å². The van der Waals surface area contributed by atoms with E-state index in [1.807, 2.05) is 0 Å². The van der Waals surface area contributed by atoms with Gasteiger partial charge in [-0.2, -0.15) is 0 Å². The number of anilines is 3. The Kier molecular flexibility index (Phi) is 16.1. The third-order valence-corrected chi connectivity index (χ3v) is 28.5. The topological polar surface area (TPSA) is 3.24 Å². The van der Waals surface area contributed by atoms with Crippen LogP contribution in [0.25, 0.3) is 0 Å². The summed E-state index contributed by atoms with van der Waals surface area (Å²) in [6, 6.07) is 24.2. The standard InChI is InChI=1S/C39H61I2NP3/c1-10-43(11-2,12-3)29-32-20-19-21-35(26-32)42(36-22-24-38(40)33(27-36)30-44(13-4,14-5)15-6)37-23-25-39(41)34(28-37)31-45(16-7,17-8)18-9/h19-28H,10-18,29-31H2,1-9H3/q+3. The van der Waals surface area contributed by atoms with Gasteiger partial charge in [-0.3, -0.25) is 0 Å². The minimum absolute atomic E-state index is 0.965. The van der Waals surface area contributed by atoms with Crippen molar-refractivity contribution < 1.29 is 0 Å². The summed E-state index contributed by atoms with van der Waals surface area (Å²) in [4.78, 5) is 2.58. The molecule has 0 saturated carbocycles. The van der Waals surface area contributed by atoms with Gasteiger partial charge in [0.25, 0.3) is 0 Å². The van der Waals surface area contributed by atoms with Crippen molar-refractivity contribution in [3.63, 3.8) is 0 Å². The smallest absolute Gasteiger partial charge is 0.0853 e. The molecule has 3 rings (SSSR count). The largest absolute Gasteiger partial charge is 0.310 e. The van der Waals surface area contributed by atoms with Crippen LogP contribution in [0.15, 0.2) is 60.7 Å². The molecule has 0 amide bonds. The molecule has 0 saturated heterocycles. The zero-order valence-electron chi connectivity index (χ0n) is 29.8. The molecule has 0 bridgehead atoms. The fourth-order valence-electron chi connectivity index (χ4n) is 7.01. The zero-order chi connectivity index (χ0) is 33.3. The first-order chi connectivity index (χ1) is 21.6. The molecular formula is C39H61I2NP3+3. The van der Waals surface area contributed by atoms with Crippen molar-refractivity contribution in [3.05, 3.63) is 84.5 Å². The van der Waals surface area contributed by atoms with E-state index in [4.69, 9.17) is 0 Å². The first-order valence-electron chi connectivity index (χ1n) is 17.6. The maximum absolute atomic E-state index is 2.59. The highest BCUT2D eigenvalue weighted by Crippen LogP contribution is 2.63. The Hall–Kier alpha value is 0.210. The van der Waals surface area contributed by atoms with E-state index >= 15 is 0 Å². The average Bonchev–Trinajstić information content (AvgIpc) is 3.08. The Morgan fingerprint density at radius 2 is 0.800 bits per heavy atom. The van der Waals surface area contributed by atoms with E-state index in [0.717, 1.165) is 0 Å². The molecule has 1 nitrogen and oxygen atoms in total. The maximum atomic E-state index is 2.59. The van der Waals surface area contributed by atoms with Gasteiger partial charge in [-0.05, 0) is 162 Å². The molecule has 248 valence electrons. The van der Waals surface area contributed by atoms with E-state index in [1.54, 1.807) is 11.1 Å². The van der Waals surface area contributed by atoms with Crippen LogP contribution in [-0.4, -0.2) is 55.5 Å². The summed E-state index contributed by atoms with van der Waals surface area (Å²) in [6.45, 7) is 21.9. The van der Waals surface area contributed by atoms with Gasteiger partial charge in [0, 0.05) is 57.1 Å². The SMILES string of the molecule is CC[P+](CC)(CC)Cc1cccc(N(c2ccc(I)c(C[P+](CC)(CC)CC)c2)c2ccc(I)c(C[P+](CC)(CC)CC)c2)c1. The highest BCUT2D eigenvalue weighted by atomic mass is 127. The first kappa shape index (κ1) is 39.6. The molecule has 3 aromatic rings. The van der Waals surface area contributed by atoms with Gasteiger partial charge in [-0.25, -0.2) is 0 Å². The van der Waals surface area contributed by atoms with Crippen LogP contribution < -0.4 is 4.90 Å². The van der Waals surface area contributed by atoms with Crippen LogP contribution in [0.2, 0.25) is 0 Å². The van der Waals surface area contributed by atoms with Crippen molar-refractivity contribution in [1.82, 2.24) is 0 Å². The van der Waals surface area contributed by atoms with Gasteiger partial charge >= 0.3 is 0 Å². The molecule has 0 atom stereocenters. The zero-order valence-corrected chi connectivity index (χ0v) is 36.8. The maximum Gasteiger partial charge on any atom is 0.0853 e. The summed E-state index contributed by atoms with van der Waals surface area (Å²) >= 11 is 5.19. The van der Waals surface area contributed by atoms with E-state index in [-0.39, 0.29) is 0 Å². The van der Waals surface area contributed by atoms with Gasteiger partial charge in [0.1, 0.15) is 0 Å². The minimum Gasteiger partial charge on any atom is -0.310 e. The molecule has 0 fully saturated rings. The predicted molar refractivity (Wildman–Crippen MR) is 233 cm³/mol. The second-order valence-corrected chi connectivity index (χ2v) is 29.9. The van der Waals surface area contributed by atoms with E-state index in [0.29, 0.717) is 0 Å². The summed E-state index contributed by atoms with van der Waals surface area (Å²) in [5.41, 5.74) is 8.51. The van der Waals surface area contributed by atoms with Crippen LogP contribution in [0.1, 0.15) is 79.0 Å². The summed E-state index contributed by atoms with van der Waals surface area (Å²) in [6.07, 6.45) is 15.8. The molecule has 0 radical (unpaired) electrons. The fraction of sp³-hybridized carbons (Fsp3) is 0.538. The van der Waals surface area contributed by atoms with Crippen LogP contribution >= 0.6 is 67.0 Å². The van der Waals surface area contributed by atoms with E-state index < -0.39 is 21.8 Å². The first-order valence-corrected chi connectivity index (χ1v) is 27.3. The lowest BCUT2D eigenvalue weighted by Gasteiger charge is -2.30. The second-order valence-electron chi connectivity index (χ2n) is 12.9. The van der Waals surface area contributed by atoms with Gasteiger partial charge in [0.15, 0.2) is 0 Å². The number of benzene rings is 3. The van der Waals surface area contributed by atoms with Crippen molar-refractivity contribution in [1.29, 1.82) is 0 Å². The molecule has 45 heavy (non-hydrogen) atoms. The van der Waals surface area contributed by atoms with Crippen LogP contribution in [0, 0.1) is 7.14 Å². The summed E-state index contributed by atoms with van der Waals surface area (Å²) in [5.74, 6) is 0. The van der Waals surface area contributed by atoms with Crippen molar-refractivity contribution in [2.75, 3.05) is 60.4 Å². The van der Waals surface area contributed by atoms with E-state index in [1.165, 1.54) is 104 Å². The third kappa shape index (κ3) is 9.68. The van der Waals surface area contributed by atoms with Gasteiger partial charge in [0.2, 0.25) is 0 Å². The lowest BCUT2D eigenvalue weighted by Crippen LogP contribution is -2.14. The van der Waals surface area contributed by atoms with Gasteiger partial charge in [0.05, 0.1) is 73.9 Å². The molecule has 0 aliphatic rings. The highest BCUT2D eigenvalue weighted by molar-refractivity contribution is 14.1. The fourth-order valence-corrected chi connectivity index (χ4v) is 17.6. The monoisotopic (exact) mass is 890 g/mol. The molecular weight excluding hydrogens is 829 g/mol. The predicted octanol–water partition coefficient (Wildman–Crippen LogP) is 14.1. The molecule has 0 aliphatic heterocycles. The molecule has 6 heteroatoms. The molecule has 0 aromatic heterocycles. The van der Waals surface area contributed by atoms with Crippen molar-refractivity contribution in [3.8, 4) is 0 Å². The highest BCUT2D eigenvalue weighted by Gasteiger charge is 2.35. The van der Waals surface area contributed by atoms with Crippen molar-refractivity contribution >= 4 is 84.0 Å². The number of nitrogens with zero attached hydrogens (tertiary/aromatic N) is 1. The Morgan fingerprint density at radius 3 is 1.18 bits per heavy atom. The van der Waals surface area contributed by atoms with Crippen molar-refractivity contribution in [2.24, 2.45) is 0 Å². The van der Waals surface area contributed by atoms with Crippen molar-refractivity contribution in [2.45, 2.75) is 80.8 Å². The summed E-state index contributed by atoms with van der Waals surface area (Å²) in [5, 5.41) is 0. The minimum atomic E-state index is -0.990. The summed E-state index contributed by atoms with van der Waals surface area (Å²) in [7, 11) is -2.94. The molecule has 3 aromatic carbocycles. The normalized spacial score (nSPS) is 12.5. The average molecular weight is 891 g/mol.